The minimum atomic E-state index is -0.370. The molecule has 0 bridgehead atoms. The second kappa shape index (κ2) is 10.4. The van der Waals surface area contributed by atoms with Crippen LogP contribution in [0.15, 0.2) is 93.2 Å². The summed E-state index contributed by atoms with van der Waals surface area (Å²) in [6.45, 7) is 6.55. The number of hydrogen-bond acceptors (Lipinski definition) is 4. The summed E-state index contributed by atoms with van der Waals surface area (Å²) in [7, 11) is 0. The van der Waals surface area contributed by atoms with Crippen LogP contribution < -0.4 is 10.3 Å². The smallest absolute Gasteiger partial charge is 0.282 e. The normalized spacial score (nSPS) is 12.0. The molecule has 0 spiro atoms. The zero-order chi connectivity index (χ0) is 26.2. The Bertz CT molecular complexity index is 1720. The molecule has 0 aliphatic rings. The Balaban J connectivity index is 1.43. The van der Waals surface area contributed by atoms with Crippen LogP contribution in [0.5, 0.6) is 5.75 Å². The summed E-state index contributed by atoms with van der Waals surface area (Å²) < 4.78 is 9.37. The first kappa shape index (κ1) is 25.6. The maximum Gasteiger partial charge on any atom is 0.282 e. The Morgan fingerprint density at radius 1 is 1.00 bits per heavy atom. The number of ether oxygens (including phenoxy) is 1. The molecule has 0 aliphatic carbocycles. The van der Waals surface area contributed by atoms with Gasteiger partial charge in [-0.3, -0.25) is 4.79 Å². The minimum absolute atomic E-state index is 0.197. The summed E-state index contributed by atoms with van der Waals surface area (Å²) >= 11 is 5.72. The Hall–Kier alpha value is -3.04. The molecule has 37 heavy (non-hydrogen) atoms. The lowest BCUT2D eigenvalue weighted by Gasteiger charge is -2.20. The monoisotopic (exact) mass is 665 g/mol. The van der Waals surface area contributed by atoms with Crippen molar-refractivity contribution in [2.75, 3.05) is 0 Å². The quantitative estimate of drug-likeness (QED) is 0.143. The number of halogens is 2. The fourth-order valence-corrected chi connectivity index (χ4v) is 5.21. The maximum absolute atomic E-state index is 13.4. The molecule has 5 rings (SSSR count). The van der Waals surface area contributed by atoms with E-state index < -0.39 is 0 Å². The average molecular weight is 666 g/mol. The van der Waals surface area contributed by atoms with E-state index in [4.69, 9.17) is 9.72 Å². The van der Waals surface area contributed by atoms with Gasteiger partial charge in [-0.25, -0.2) is 4.98 Å². The van der Waals surface area contributed by atoms with E-state index in [1.807, 2.05) is 63.2 Å². The molecule has 7 heteroatoms. The van der Waals surface area contributed by atoms with Crippen LogP contribution in [-0.2, 0) is 12.0 Å². The van der Waals surface area contributed by atoms with Gasteiger partial charge in [0, 0.05) is 9.89 Å². The topological polar surface area (TPSA) is 56.5 Å². The van der Waals surface area contributed by atoms with Gasteiger partial charge in [-0.1, -0.05) is 79.2 Å². The third-order valence-electron chi connectivity index (χ3n) is 6.02. The number of benzene rings is 4. The molecule has 4 aromatic carbocycles. The van der Waals surface area contributed by atoms with Gasteiger partial charge in [-0.15, -0.1) is 0 Å². The minimum Gasteiger partial charge on any atom is -0.488 e. The van der Waals surface area contributed by atoms with E-state index in [2.05, 4.69) is 74.0 Å². The van der Waals surface area contributed by atoms with Crippen LogP contribution >= 0.6 is 38.5 Å². The highest BCUT2D eigenvalue weighted by molar-refractivity contribution is 14.1. The maximum atomic E-state index is 13.4. The molecule has 0 aliphatic heterocycles. The highest BCUT2D eigenvalue weighted by Crippen LogP contribution is 2.26. The fourth-order valence-electron chi connectivity index (χ4n) is 4.15. The van der Waals surface area contributed by atoms with Gasteiger partial charge in [0.25, 0.3) is 5.56 Å². The summed E-state index contributed by atoms with van der Waals surface area (Å²) in [4.78, 5) is 18.1. The molecule has 5 aromatic rings. The van der Waals surface area contributed by atoms with E-state index in [9.17, 15) is 4.79 Å². The van der Waals surface area contributed by atoms with Crippen molar-refractivity contribution in [1.82, 2.24) is 9.66 Å². The number of rotatable bonds is 5. The largest absolute Gasteiger partial charge is 0.488 e. The standard InChI is InChI=1S/C30H25BrIN3O2/c1-30(2,3)29-34-26-13-12-22(31)16-24(26)28(36)35(29)33-17-19-11-14-27(25(32)15-19)37-18-21-9-6-8-20-7-4-5-10-23(20)21/h4-17H,18H2,1-3H3. The SMILES string of the molecule is CC(C)(C)c1nc2ccc(Br)cc2c(=O)n1N=Cc1ccc(OCc2cccc3ccccc23)c(I)c1. The van der Waals surface area contributed by atoms with Crippen LogP contribution in [0, 0.1) is 3.57 Å². The van der Waals surface area contributed by atoms with Gasteiger partial charge in [0.1, 0.15) is 18.2 Å². The van der Waals surface area contributed by atoms with Gasteiger partial charge in [0.15, 0.2) is 0 Å². The predicted octanol–water partition coefficient (Wildman–Crippen LogP) is 7.68. The highest BCUT2D eigenvalue weighted by Gasteiger charge is 2.23. The van der Waals surface area contributed by atoms with E-state index in [0.717, 1.165) is 24.9 Å². The van der Waals surface area contributed by atoms with E-state index in [-0.39, 0.29) is 11.0 Å². The molecule has 0 atom stereocenters. The van der Waals surface area contributed by atoms with Crippen LogP contribution in [0.25, 0.3) is 21.7 Å². The Kier molecular flexibility index (Phi) is 7.18. The van der Waals surface area contributed by atoms with E-state index >= 15 is 0 Å². The average Bonchev–Trinajstić information content (AvgIpc) is 2.87. The lowest BCUT2D eigenvalue weighted by Crippen LogP contribution is -2.29. The second-order valence-corrected chi connectivity index (χ2v) is 11.9. The van der Waals surface area contributed by atoms with Gasteiger partial charge in [-0.05, 0) is 80.9 Å². The van der Waals surface area contributed by atoms with Crippen molar-refractivity contribution in [2.45, 2.75) is 32.8 Å². The van der Waals surface area contributed by atoms with Crippen LogP contribution in [-0.4, -0.2) is 15.9 Å². The van der Waals surface area contributed by atoms with Crippen molar-refractivity contribution >= 4 is 66.4 Å². The van der Waals surface area contributed by atoms with Gasteiger partial charge in [-0.2, -0.15) is 9.78 Å². The van der Waals surface area contributed by atoms with Crippen molar-refractivity contribution in [3.05, 3.63) is 114 Å². The molecular weight excluding hydrogens is 641 g/mol. The Morgan fingerprint density at radius 2 is 1.78 bits per heavy atom. The third-order valence-corrected chi connectivity index (χ3v) is 7.36. The highest BCUT2D eigenvalue weighted by atomic mass is 127. The van der Waals surface area contributed by atoms with E-state index in [0.29, 0.717) is 23.3 Å². The Morgan fingerprint density at radius 3 is 2.57 bits per heavy atom. The van der Waals surface area contributed by atoms with Crippen LogP contribution in [0.3, 0.4) is 0 Å². The molecule has 186 valence electrons. The summed E-state index contributed by atoms with van der Waals surface area (Å²) in [6.07, 6.45) is 1.69. The predicted molar refractivity (Wildman–Crippen MR) is 163 cm³/mol. The molecule has 0 saturated heterocycles. The molecule has 1 aromatic heterocycles. The summed E-state index contributed by atoms with van der Waals surface area (Å²) in [6, 6.07) is 26.0. The van der Waals surface area contributed by atoms with Crippen LogP contribution in [0.1, 0.15) is 37.7 Å². The van der Waals surface area contributed by atoms with Gasteiger partial charge < -0.3 is 4.74 Å². The van der Waals surface area contributed by atoms with Gasteiger partial charge in [0.05, 0.1) is 20.7 Å². The summed E-state index contributed by atoms with van der Waals surface area (Å²) in [5.74, 6) is 1.41. The number of aromatic nitrogens is 2. The first-order valence-corrected chi connectivity index (χ1v) is 13.7. The zero-order valence-electron chi connectivity index (χ0n) is 20.7. The van der Waals surface area contributed by atoms with Crippen molar-refractivity contribution in [3.63, 3.8) is 0 Å². The fraction of sp³-hybridized carbons (Fsp3) is 0.167. The van der Waals surface area contributed by atoms with Crippen LogP contribution in [0.2, 0.25) is 0 Å². The first-order chi connectivity index (χ1) is 17.7. The molecule has 0 radical (unpaired) electrons. The van der Waals surface area contributed by atoms with Crippen LogP contribution in [0.4, 0.5) is 0 Å². The molecule has 0 amide bonds. The summed E-state index contributed by atoms with van der Waals surface area (Å²) in [5.41, 5.74) is 2.10. The molecule has 0 unspecified atom stereocenters. The third kappa shape index (κ3) is 5.48. The molecule has 0 fully saturated rings. The van der Waals surface area contributed by atoms with E-state index in [1.165, 1.54) is 15.4 Å². The van der Waals surface area contributed by atoms with Crippen molar-refractivity contribution in [2.24, 2.45) is 5.10 Å². The molecule has 1 heterocycles. The Labute approximate surface area is 237 Å². The second-order valence-electron chi connectivity index (χ2n) is 9.83. The van der Waals surface area contributed by atoms with Gasteiger partial charge in [0.2, 0.25) is 0 Å². The lowest BCUT2D eigenvalue weighted by molar-refractivity contribution is 0.305. The van der Waals surface area contributed by atoms with Crippen molar-refractivity contribution in [1.29, 1.82) is 0 Å². The molecule has 0 N–H and O–H groups in total. The first-order valence-electron chi connectivity index (χ1n) is 11.9. The molecular formula is C30H25BrIN3O2. The van der Waals surface area contributed by atoms with E-state index in [1.54, 1.807) is 12.3 Å². The van der Waals surface area contributed by atoms with Gasteiger partial charge >= 0.3 is 0 Å². The zero-order valence-corrected chi connectivity index (χ0v) is 24.4. The number of nitrogens with zero attached hydrogens (tertiary/aromatic N) is 3. The number of fused-ring (bicyclic) bond motifs is 2. The molecule has 5 nitrogen and oxygen atoms in total. The lowest BCUT2D eigenvalue weighted by atomic mass is 9.95. The van der Waals surface area contributed by atoms with Crippen molar-refractivity contribution in [3.8, 4) is 5.75 Å². The number of hydrogen-bond donors (Lipinski definition) is 0. The summed E-state index contributed by atoms with van der Waals surface area (Å²) in [5, 5.41) is 7.49. The molecule has 0 saturated carbocycles. The van der Waals surface area contributed by atoms with Crippen molar-refractivity contribution < 1.29 is 4.74 Å².